The van der Waals surface area contributed by atoms with Crippen molar-refractivity contribution >= 4 is 16.9 Å². The molecular weight excluding hydrogens is 363 g/mol. The van der Waals surface area contributed by atoms with E-state index < -0.39 is 0 Å². The van der Waals surface area contributed by atoms with Crippen molar-refractivity contribution in [2.45, 2.75) is 32.4 Å². The van der Waals surface area contributed by atoms with Crippen molar-refractivity contribution in [1.82, 2.24) is 9.88 Å². The minimum absolute atomic E-state index is 0.0116. The molecule has 0 aliphatic carbocycles. The number of fused-ring (bicyclic) bond motifs is 1. The van der Waals surface area contributed by atoms with Gasteiger partial charge in [0.2, 0.25) is 0 Å². The average Bonchev–Trinajstić information content (AvgIpc) is 3.31. The van der Waals surface area contributed by atoms with Crippen molar-refractivity contribution in [3.05, 3.63) is 69.6 Å². The summed E-state index contributed by atoms with van der Waals surface area (Å²) < 4.78 is 25.8. The third-order valence-electron chi connectivity index (χ3n) is 5.00. The molecule has 1 atom stereocenters. The molecule has 2 aromatic heterocycles. The topological polar surface area (TPSA) is 73.5 Å². The molecule has 6 nitrogen and oxygen atoms in total. The SMILES string of the molecule is Cc1oc2ccn(Cc3ccc(F)cc3)c(=O)c2c1C(=O)NC[C@@H]1CCCO1. The number of hydrogen-bond donors (Lipinski definition) is 1. The van der Waals surface area contributed by atoms with Crippen LogP contribution in [0.5, 0.6) is 0 Å². The molecule has 3 heterocycles. The average molecular weight is 384 g/mol. The van der Waals surface area contributed by atoms with Crippen LogP contribution in [0.25, 0.3) is 11.0 Å². The monoisotopic (exact) mass is 384 g/mol. The molecule has 0 bridgehead atoms. The van der Waals surface area contributed by atoms with Gasteiger partial charge in [0.25, 0.3) is 11.5 Å². The number of rotatable bonds is 5. The molecule has 0 saturated carbocycles. The number of amides is 1. The number of nitrogens with one attached hydrogen (secondary N) is 1. The number of aromatic nitrogens is 1. The van der Waals surface area contributed by atoms with Crippen molar-refractivity contribution < 1.29 is 18.3 Å². The van der Waals surface area contributed by atoms with Gasteiger partial charge in [-0.25, -0.2) is 4.39 Å². The van der Waals surface area contributed by atoms with Gasteiger partial charge in [-0.3, -0.25) is 9.59 Å². The van der Waals surface area contributed by atoms with Crippen LogP contribution < -0.4 is 10.9 Å². The summed E-state index contributed by atoms with van der Waals surface area (Å²) in [7, 11) is 0. The zero-order valence-electron chi connectivity index (χ0n) is 15.5. The highest BCUT2D eigenvalue weighted by atomic mass is 19.1. The van der Waals surface area contributed by atoms with Crippen LogP contribution in [0.1, 0.15) is 34.5 Å². The van der Waals surface area contributed by atoms with Crippen molar-refractivity contribution in [3.63, 3.8) is 0 Å². The fourth-order valence-electron chi connectivity index (χ4n) is 3.55. The van der Waals surface area contributed by atoms with Crippen LogP contribution in [0, 0.1) is 12.7 Å². The van der Waals surface area contributed by atoms with E-state index in [1.165, 1.54) is 16.7 Å². The molecular formula is C21H21FN2O4. The standard InChI is InChI=1S/C21H21FN2O4/c1-13-18(20(25)23-11-16-3-2-10-27-16)19-17(28-13)8-9-24(21(19)26)12-14-4-6-15(22)7-5-14/h4-9,16H,2-3,10-12H2,1H3,(H,23,25)/t16-/m0/s1. The van der Waals surface area contributed by atoms with Gasteiger partial charge in [-0.1, -0.05) is 12.1 Å². The zero-order valence-corrected chi connectivity index (χ0v) is 15.5. The molecule has 1 amide bonds. The number of ether oxygens (including phenoxy) is 1. The predicted octanol–water partition coefficient (Wildman–Crippen LogP) is 3.00. The van der Waals surface area contributed by atoms with E-state index in [-0.39, 0.29) is 40.9 Å². The van der Waals surface area contributed by atoms with Gasteiger partial charge >= 0.3 is 0 Å². The third kappa shape index (κ3) is 3.57. The number of hydrogen-bond acceptors (Lipinski definition) is 4. The molecule has 0 radical (unpaired) electrons. The van der Waals surface area contributed by atoms with Gasteiger partial charge in [0.05, 0.1) is 23.6 Å². The summed E-state index contributed by atoms with van der Waals surface area (Å²) in [6.45, 7) is 3.06. The lowest BCUT2D eigenvalue weighted by molar-refractivity contribution is 0.0857. The number of carbonyl (C=O) groups excluding carboxylic acids is 1. The van der Waals surface area contributed by atoms with Crippen molar-refractivity contribution in [2.75, 3.05) is 13.2 Å². The summed E-state index contributed by atoms with van der Waals surface area (Å²) in [5.74, 6) is -0.276. The molecule has 0 unspecified atom stereocenters. The molecule has 28 heavy (non-hydrogen) atoms. The number of benzene rings is 1. The molecule has 146 valence electrons. The smallest absolute Gasteiger partial charge is 0.262 e. The van der Waals surface area contributed by atoms with Gasteiger partial charge in [-0.15, -0.1) is 0 Å². The predicted molar refractivity (Wildman–Crippen MR) is 102 cm³/mol. The maximum Gasteiger partial charge on any atom is 0.262 e. The molecule has 1 N–H and O–H groups in total. The lowest BCUT2D eigenvalue weighted by atomic mass is 10.1. The Morgan fingerprint density at radius 1 is 1.29 bits per heavy atom. The second-order valence-electron chi connectivity index (χ2n) is 6.99. The van der Waals surface area contributed by atoms with E-state index in [0.717, 1.165) is 18.4 Å². The molecule has 1 aliphatic heterocycles. The first-order valence-corrected chi connectivity index (χ1v) is 9.29. The van der Waals surface area contributed by atoms with E-state index in [1.54, 1.807) is 31.3 Å². The largest absolute Gasteiger partial charge is 0.460 e. The Bertz CT molecular complexity index is 1060. The molecule has 1 aliphatic rings. The fourth-order valence-corrected chi connectivity index (χ4v) is 3.55. The maximum atomic E-state index is 13.1. The van der Waals surface area contributed by atoms with Gasteiger partial charge in [-0.2, -0.15) is 0 Å². The lowest BCUT2D eigenvalue weighted by Crippen LogP contribution is -2.32. The minimum Gasteiger partial charge on any atom is -0.460 e. The van der Waals surface area contributed by atoms with Gasteiger partial charge in [-0.05, 0) is 43.5 Å². The third-order valence-corrected chi connectivity index (χ3v) is 5.00. The number of carbonyl (C=O) groups is 1. The first kappa shape index (κ1) is 18.4. The second kappa shape index (κ2) is 7.59. The Morgan fingerprint density at radius 2 is 2.07 bits per heavy atom. The van der Waals surface area contributed by atoms with Crippen molar-refractivity contribution in [1.29, 1.82) is 0 Å². The Labute approximate surface area is 160 Å². The quantitative estimate of drug-likeness (QED) is 0.734. The minimum atomic E-state index is -0.344. The number of furan rings is 1. The summed E-state index contributed by atoms with van der Waals surface area (Å²) in [4.78, 5) is 25.8. The van der Waals surface area contributed by atoms with Crippen LogP contribution in [0.3, 0.4) is 0 Å². The molecule has 1 aromatic carbocycles. The first-order valence-electron chi connectivity index (χ1n) is 9.29. The Hall–Kier alpha value is -2.93. The summed E-state index contributed by atoms with van der Waals surface area (Å²) in [5.41, 5.74) is 1.10. The van der Waals surface area contributed by atoms with Crippen molar-refractivity contribution in [2.24, 2.45) is 0 Å². The highest BCUT2D eigenvalue weighted by Gasteiger charge is 2.23. The van der Waals surface area contributed by atoms with Crippen LogP contribution in [0.4, 0.5) is 4.39 Å². The number of pyridine rings is 1. The van der Waals surface area contributed by atoms with E-state index in [0.29, 0.717) is 24.5 Å². The summed E-state index contributed by atoms with van der Waals surface area (Å²) in [6.07, 6.45) is 3.53. The van der Waals surface area contributed by atoms with Gasteiger partial charge in [0, 0.05) is 19.3 Å². The number of halogens is 1. The second-order valence-corrected chi connectivity index (χ2v) is 6.99. The normalized spacial score (nSPS) is 16.6. The van der Waals surface area contributed by atoms with E-state index in [1.807, 2.05) is 0 Å². The van der Waals surface area contributed by atoms with Crippen molar-refractivity contribution in [3.8, 4) is 0 Å². The highest BCUT2D eigenvalue weighted by molar-refractivity contribution is 6.06. The highest BCUT2D eigenvalue weighted by Crippen LogP contribution is 2.23. The number of aryl methyl sites for hydroxylation is 1. The summed E-state index contributed by atoms with van der Waals surface area (Å²) in [5, 5.41) is 3.11. The fraction of sp³-hybridized carbons (Fsp3) is 0.333. The van der Waals surface area contributed by atoms with E-state index in [4.69, 9.17) is 9.15 Å². The van der Waals surface area contributed by atoms with Gasteiger partial charge < -0.3 is 19.0 Å². The van der Waals surface area contributed by atoms with Crippen LogP contribution >= 0.6 is 0 Å². The Kier molecular flexibility index (Phi) is 5.00. The molecule has 3 aromatic rings. The van der Waals surface area contributed by atoms with Gasteiger partial charge in [0.1, 0.15) is 17.2 Å². The first-order chi connectivity index (χ1) is 13.5. The molecule has 7 heteroatoms. The lowest BCUT2D eigenvalue weighted by Gasteiger charge is -2.10. The van der Waals surface area contributed by atoms with Crippen LogP contribution in [0.15, 0.2) is 45.7 Å². The van der Waals surface area contributed by atoms with E-state index in [2.05, 4.69) is 5.32 Å². The van der Waals surface area contributed by atoms with Crippen LogP contribution in [-0.4, -0.2) is 29.7 Å². The van der Waals surface area contributed by atoms with Crippen LogP contribution in [0.2, 0.25) is 0 Å². The zero-order chi connectivity index (χ0) is 19.7. The van der Waals surface area contributed by atoms with E-state index in [9.17, 15) is 14.0 Å². The molecule has 1 saturated heterocycles. The molecule has 4 rings (SSSR count). The Morgan fingerprint density at radius 3 is 2.79 bits per heavy atom. The summed E-state index contributed by atoms with van der Waals surface area (Å²) in [6, 6.07) is 7.63. The van der Waals surface area contributed by atoms with Gasteiger partial charge in [0.15, 0.2) is 0 Å². The Balaban J connectivity index is 1.64. The summed E-state index contributed by atoms with van der Waals surface area (Å²) >= 11 is 0. The molecule has 1 fully saturated rings. The van der Waals surface area contributed by atoms with Crippen LogP contribution in [-0.2, 0) is 11.3 Å². The maximum absolute atomic E-state index is 13.1. The molecule has 0 spiro atoms. The van der Waals surface area contributed by atoms with E-state index >= 15 is 0 Å². The number of nitrogens with zero attached hydrogens (tertiary/aromatic N) is 1.